The van der Waals surface area contributed by atoms with Crippen molar-refractivity contribution in [3.05, 3.63) is 14.7 Å². The van der Waals surface area contributed by atoms with E-state index in [1.54, 1.807) is 0 Å². The SMILES string of the molecule is CN(CC1CC(O)C1)S(=O)(=O)c1cc(C(=O)O)sc1Br. The zero-order valence-electron chi connectivity index (χ0n) is 10.6. The van der Waals surface area contributed by atoms with Gasteiger partial charge < -0.3 is 10.2 Å². The zero-order chi connectivity index (χ0) is 15.1. The minimum Gasteiger partial charge on any atom is -0.477 e. The Bertz CT molecular complexity index is 621. The highest BCUT2D eigenvalue weighted by atomic mass is 79.9. The molecular weight excluding hydrogens is 370 g/mol. The van der Waals surface area contributed by atoms with Crippen LogP contribution in [0.3, 0.4) is 0 Å². The number of sulfonamides is 1. The summed E-state index contributed by atoms with van der Waals surface area (Å²) in [5.74, 6) is -0.997. The third-order valence-corrected chi connectivity index (χ3v) is 7.34. The molecule has 0 aromatic carbocycles. The summed E-state index contributed by atoms with van der Waals surface area (Å²) in [7, 11) is -2.26. The van der Waals surface area contributed by atoms with Crippen LogP contribution in [0.2, 0.25) is 0 Å². The van der Waals surface area contributed by atoms with E-state index in [4.69, 9.17) is 5.11 Å². The number of aliphatic hydroxyl groups excluding tert-OH is 1. The summed E-state index contributed by atoms with van der Waals surface area (Å²) in [5, 5.41) is 18.1. The van der Waals surface area contributed by atoms with E-state index in [1.165, 1.54) is 17.4 Å². The Morgan fingerprint density at radius 3 is 2.60 bits per heavy atom. The van der Waals surface area contributed by atoms with Gasteiger partial charge in [0.1, 0.15) is 9.77 Å². The zero-order valence-corrected chi connectivity index (χ0v) is 13.8. The predicted octanol–water partition coefficient (Wildman–Crippen LogP) is 1.60. The summed E-state index contributed by atoms with van der Waals surface area (Å²) in [4.78, 5) is 10.8. The van der Waals surface area contributed by atoms with Gasteiger partial charge in [-0.15, -0.1) is 11.3 Å². The van der Waals surface area contributed by atoms with Crippen LogP contribution in [-0.2, 0) is 10.0 Å². The van der Waals surface area contributed by atoms with Crippen LogP contribution in [0.5, 0.6) is 0 Å². The van der Waals surface area contributed by atoms with E-state index in [9.17, 15) is 18.3 Å². The third kappa shape index (κ3) is 3.06. The van der Waals surface area contributed by atoms with Crippen molar-refractivity contribution in [3.63, 3.8) is 0 Å². The lowest BCUT2D eigenvalue weighted by Gasteiger charge is -2.33. The molecule has 1 aromatic heterocycles. The van der Waals surface area contributed by atoms with Gasteiger partial charge in [0, 0.05) is 13.6 Å². The number of aliphatic hydroxyl groups is 1. The molecule has 1 heterocycles. The predicted molar refractivity (Wildman–Crippen MR) is 77.5 cm³/mol. The van der Waals surface area contributed by atoms with Crippen molar-refractivity contribution >= 4 is 43.3 Å². The summed E-state index contributed by atoms with van der Waals surface area (Å²) in [6.45, 7) is 0.323. The lowest BCUT2D eigenvalue weighted by Crippen LogP contribution is -2.39. The van der Waals surface area contributed by atoms with Crippen LogP contribution >= 0.6 is 27.3 Å². The fourth-order valence-corrected chi connectivity index (χ4v) is 5.71. The Morgan fingerprint density at radius 2 is 2.15 bits per heavy atom. The van der Waals surface area contributed by atoms with Crippen LogP contribution in [-0.4, -0.2) is 48.6 Å². The fraction of sp³-hybridized carbons (Fsp3) is 0.545. The molecule has 9 heteroatoms. The van der Waals surface area contributed by atoms with Crippen molar-refractivity contribution in [3.8, 4) is 0 Å². The van der Waals surface area contributed by atoms with E-state index in [0.29, 0.717) is 19.4 Å². The second kappa shape index (κ2) is 5.72. The summed E-state index contributed by atoms with van der Waals surface area (Å²) in [5.41, 5.74) is 0. The first-order chi connectivity index (χ1) is 9.21. The molecule has 0 unspecified atom stereocenters. The Labute approximate surface area is 129 Å². The molecule has 1 aromatic rings. The lowest BCUT2D eigenvalue weighted by molar-refractivity contribution is 0.0367. The first-order valence-electron chi connectivity index (χ1n) is 5.89. The van der Waals surface area contributed by atoms with Crippen molar-refractivity contribution in [1.29, 1.82) is 0 Å². The maximum Gasteiger partial charge on any atom is 0.345 e. The highest BCUT2D eigenvalue weighted by molar-refractivity contribution is 9.11. The number of halogens is 1. The molecule has 0 amide bonds. The minimum absolute atomic E-state index is 0.0251. The van der Waals surface area contributed by atoms with Crippen LogP contribution < -0.4 is 0 Å². The van der Waals surface area contributed by atoms with E-state index in [0.717, 1.165) is 11.3 Å². The average molecular weight is 384 g/mol. The van der Waals surface area contributed by atoms with Crippen molar-refractivity contribution in [1.82, 2.24) is 4.31 Å². The molecule has 0 atom stereocenters. The van der Waals surface area contributed by atoms with E-state index in [-0.39, 0.29) is 25.6 Å². The van der Waals surface area contributed by atoms with Gasteiger partial charge in [-0.25, -0.2) is 17.5 Å². The summed E-state index contributed by atoms with van der Waals surface area (Å²) in [6.07, 6.45) is 0.874. The summed E-state index contributed by atoms with van der Waals surface area (Å²) in [6, 6.07) is 1.17. The Hall–Kier alpha value is -0.480. The minimum atomic E-state index is -3.72. The standard InChI is InChI=1S/C11H14BrNO5S2/c1-13(5-6-2-7(14)3-6)20(17,18)9-4-8(11(15)16)19-10(9)12/h4,6-7,14H,2-3,5H2,1H3,(H,15,16). The molecule has 2 rings (SSSR count). The number of carboxylic acid groups (broad SMARTS) is 1. The Morgan fingerprint density at radius 1 is 1.55 bits per heavy atom. The van der Waals surface area contributed by atoms with Gasteiger partial charge in [0.15, 0.2) is 0 Å². The number of nitrogens with zero attached hydrogens (tertiary/aromatic N) is 1. The van der Waals surface area contributed by atoms with E-state index < -0.39 is 16.0 Å². The van der Waals surface area contributed by atoms with Crippen molar-refractivity contribution in [2.45, 2.75) is 23.8 Å². The average Bonchev–Trinajstić information content (AvgIpc) is 2.70. The molecule has 112 valence electrons. The number of hydrogen-bond donors (Lipinski definition) is 2. The molecule has 6 nitrogen and oxygen atoms in total. The van der Waals surface area contributed by atoms with Gasteiger partial charge in [0.2, 0.25) is 10.0 Å². The molecule has 2 N–H and O–H groups in total. The summed E-state index contributed by atoms with van der Waals surface area (Å²) < 4.78 is 26.3. The maximum atomic E-state index is 12.4. The largest absolute Gasteiger partial charge is 0.477 e. The second-order valence-electron chi connectivity index (χ2n) is 4.83. The van der Waals surface area contributed by atoms with E-state index in [1.807, 2.05) is 0 Å². The fourth-order valence-electron chi connectivity index (χ4n) is 2.11. The van der Waals surface area contributed by atoms with Crippen LogP contribution in [0, 0.1) is 5.92 Å². The third-order valence-electron chi connectivity index (χ3n) is 3.28. The number of carbonyl (C=O) groups is 1. The van der Waals surface area contributed by atoms with Gasteiger partial charge in [0.25, 0.3) is 0 Å². The molecule has 0 spiro atoms. The van der Waals surface area contributed by atoms with Crippen LogP contribution in [0.4, 0.5) is 0 Å². The normalized spacial score (nSPS) is 22.8. The van der Waals surface area contributed by atoms with Gasteiger partial charge in [0.05, 0.1) is 9.89 Å². The topological polar surface area (TPSA) is 94.9 Å². The Kier molecular flexibility index (Phi) is 4.55. The van der Waals surface area contributed by atoms with E-state index in [2.05, 4.69) is 15.9 Å². The Balaban J connectivity index is 2.19. The molecule has 0 saturated heterocycles. The molecule has 0 bridgehead atoms. The molecule has 1 aliphatic rings. The molecule has 1 saturated carbocycles. The molecule has 1 aliphatic carbocycles. The number of rotatable bonds is 5. The monoisotopic (exact) mass is 383 g/mol. The number of carboxylic acids is 1. The van der Waals surface area contributed by atoms with Gasteiger partial charge in [-0.2, -0.15) is 0 Å². The molecule has 0 aliphatic heterocycles. The van der Waals surface area contributed by atoms with Gasteiger partial charge in [-0.1, -0.05) is 0 Å². The number of hydrogen-bond acceptors (Lipinski definition) is 5. The van der Waals surface area contributed by atoms with Crippen LogP contribution in [0.15, 0.2) is 14.7 Å². The van der Waals surface area contributed by atoms with Crippen molar-refractivity contribution in [2.24, 2.45) is 5.92 Å². The lowest BCUT2D eigenvalue weighted by atomic mass is 9.82. The summed E-state index contributed by atoms with van der Waals surface area (Å²) >= 11 is 3.98. The van der Waals surface area contributed by atoms with Crippen molar-refractivity contribution < 1.29 is 23.4 Å². The first kappa shape index (κ1) is 15.9. The molecule has 1 fully saturated rings. The maximum absolute atomic E-state index is 12.4. The van der Waals surface area contributed by atoms with Crippen molar-refractivity contribution in [2.75, 3.05) is 13.6 Å². The van der Waals surface area contributed by atoms with Crippen LogP contribution in [0.1, 0.15) is 22.5 Å². The molecule has 0 radical (unpaired) electrons. The van der Waals surface area contributed by atoms with Gasteiger partial charge in [-0.05, 0) is 40.8 Å². The van der Waals surface area contributed by atoms with Gasteiger partial charge >= 0.3 is 5.97 Å². The van der Waals surface area contributed by atoms with E-state index >= 15 is 0 Å². The highest BCUT2D eigenvalue weighted by Crippen LogP contribution is 2.35. The van der Waals surface area contributed by atoms with Gasteiger partial charge in [-0.3, -0.25) is 0 Å². The first-order valence-corrected chi connectivity index (χ1v) is 8.93. The quantitative estimate of drug-likeness (QED) is 0.804. The van der Waals surface area contributed by atoms with Crippen LogP contribution in [0.25, 0.3) is 0 Å². The number of aromatic carboxylic acids is 1. The molecular formula is C11H14BrNO5S2. The highest BCUT2D eigenvalue weighted by Gasteiger charge is 2.33. The second-order valence-corrected chi connectivity index (χ2v) is 9.21. The smallest absolute Gasteiger partial charge is 0.345 e. The molecule has 20 heavy (non-hydrogen) atoms. The number of thiophene rings is 1.